The van der Waals surface area contributed by atoms with Crippen LogP contribution in [0.5, 0.6) is 0 Å². The number of carbonyl (C=O) groups is 1. The van der Waals surface area contributed by atoms with Crippen molar-refractivity contribution in [1.82, 2.24) is 14.5 Å². The number of likely N-dealkylation sites (N-methyl/N-ethyl adjacent to an activating group) is 1. The fraction of sp³-hybridized carbons (Fsp3) is 0.556. The molecule has 2 rings (SSSR count). The Hall–Kier alpha value is -1.52. The lowest BCUT2D eigenvalue weighted by molar-refractivity contribution is 0.126. The van der Waals surface area contributed by atoms with Crippen molar-refractivity contribution in [3.05, 3.63) is 18.2 Å². The molecule has 1 aromatic heterocycles. The summed E-state index contributed by atoms with van der Waals surface area (Å²) in [5.41, 5.74) is 0. The summed E-state index contributed by atoms with van der Waals surface area (Å²) in [5.74, 6) is 0.787. The van der Waals surface area contributed by atoms with E-state index in [1.54, 1.807) is 18.1 Å². The van der Waals surface area contributed by atoms with E-state index in [4.69, 9.17) is 4.74 Å². The number of ether oxygens (including phenoxy) is 1. The van der Waals surface area contributed by atoms with Crippen LogP contribution in [0.3, 0.4) is 0 Å². The normalized spacial score (nSPS) is 26.8. The van der Waals surface area contributed by atoms with Gasteiger partial charge in [0.05, 0.1) is 6.04 Å². The molecule has 2 atom stereocenters. The van der Waals surface area contributed by atoms with Crippen LogP contribution in [0.4, 0.5) is 4.79 Å². The molecule has 1 aliphatic heterocycles. The lowest BCUT2D eigenvalue weighted by atomic mass is 10.2. The molecule has 0 aromatic carbocycles. The zero-order chi connectivity index (χ0) is 10.3. The van der Waals surface area contributed by atoms with Crippen LogP contribution < -0.4 is 0 Å². The number of imidazole rings is 1. The Kier molecular flexibility index (Phi) is 1.94. The molecule has 0 spiro atoms. The van der Waals surface area contributed by atoms with Gasteiger partial charge in [0.2, 0.25) is 0 Å². The maximum atomic E-state index is 11.3. The van der Waals surface area contributed by atoms with Crippen LogP contribution in [0.1, 0.15) is 18.9 Å². The number of hydrogen-bond donors (Lipinski definition) is 0. The quantitative estimate of drug-likeness (QED) is 0.669. The molecule has 1 aromatic rings. The Balaban J connectivity index is 2.30. The van der Waals surface area contributed by atoms with Gasteiger partial charge in [-0.15, -0.1) is 0 Å². The standard InChI is InChI=1S/C9H13N3O2/c1-6-7(14-9(13)12(6)3)8-10-4-5-11(8)2/h4-7H,1-3H3/t6-,7-/m0/s1. The molecule has 0 N–H and O–H groups in total. The van der Waals surface area contributed by atoms with E-state index in [0.717, 1.165) is 5.82 Å². The first-order valence-corrected chi connectivity index (χ1v) is 4.52. The lowest BCUT2D eigenvalue weighted by Gasteiger charge is -2.15. The van der Waals surface area contributed by atoms with E-state index in [1.165, 1.54) is 0 Å². The Morgan fingerprint density at radius 2 is 2.21 bits per heavy atom. The largest absolute Gasteiger partial charge is 0.436 e. The fourth-order valence-corrected chi connectivity index (χ4v) is 1.58. The molecule has 14 heavy (non-hydrogen) atoms. The second-order valence-corrected chi connectivity index (χ2v) is 3.55. The van der Waals surface area contributed by atoms with Crippen LogP contribution in [0.2, 0.25) is 0 Å². The van der Waals surface area contributed by atoms with E-state index < -0.39 is 0 Å². The first-order chi connectivity index (χ1) is 6.61. The van der Waals surface area contributed by atoms with E-state index in [2.05, 4.69) is 4.98 Å². The van der Waals surface area contributed by atoms with Crippen molar-refractivity contribution in [2.75, 3.05) is 7.05 Å². The average Bonchev–Trinajstić information content (AvgIpc) is 2.66. The molecule has 5 heteroatoms. The topological polar surface area (TPSA) is 47.4 Å². The van der Waals surface area contributed by atoms with Gasteiger partial charge in [-0.3, -0.25) is 0 Å². The average molecular weight is 195 g/mol. The predicted octanol–water partition coefficient (Wildman–Crippen LogP) is 0.932. The molecule has 0 unspecified atom stereocenters. The van der Waals surface area contributed by atoms with Crippen LogP contribution >= 0.6 is 0 Å². The molecule has 76 valence electrons. The van der Waals surface area contributed by atoms with Crippen molar-refractivity contribution in [3.8, 4) is 0 Å². The highest BCUT2D eigenvalue weighted by molar-refractivity contribution is 5.70. The molecule has 0 radical (unpaired) electrons. The van der Waals surface area contributed by atoms with Crippen LogP contribution in [-0.2, 0) is 11.8 Å². The van der Waals surface area contributed by atoms with Gasteiger partial charge in [0.1, 0.15) is 0 Å². The molecule has 1 aliphatic rings. The van der Waals surface area contributed by atoms with E-state index in [0.29, 0.717) is 0 Å². The van der Waals surface area contributed by atoms with Gasteiger partial charge >= 0.3 is 6.09 Å². The third-order valence-electron chi connectivity index (χ3n) is 2.68. The SMILES string of the molecule is C[C@H]1[C@@H](c2nccn2C)OC(=O)N1C. The van der Waals surface area contributed by atoms with Crippen LogP contribution in [0.25, 0.3) is 0 Å². The Bertz CT molecular complexity index is 361. The summed E-state index contributed by atoms with van der Waals surface area (Å²) in [4.78, 5) is 17.0. The van der Waals surface area contributed by atoms with Crippen molar-refractivity contribution in [2.45, 2.75) is 19.1 Å². The van der Waals surface area contributed by atoms with Crippen LogP contribution in [0, 0.1) is 0 Å². The molecule has 1 saturated heterocycles. The highest BCUT2D eigenvalue weighted by atomic mass is 16.6. The monoisotopic (exact) mass is 195 g/mol. The van der Waals surface area contributed by atoms with Gasteiger partial charge in [0.15, 0.2) is 11.9 Å². The van der Waals surface area contributed by atoms with Crippen LogP contribution in [-0.4, -0.2) is 33.6 Å². The summed E-state index contributed by atoms with van der Waals surface area (Å²) in [6.07, 6.45) is 3.00. The van der Waals surface area contributed by atoms with E-state index in [9.17, 15) is 4.79 Å². The van der Waals surface area contributed by atoms with E-state index in [1.807, 2.05) is 24.7 Å². The van der Waals surface area contributed by atoms with Crippen molar-refractivity contribution in [2.24, 2.45) is 7.05 Å². The number of aromatic nitrogens is 2. The number of nitrogens with zero attached hydrogens (tertiary/aromatic N) is 3. The van der Waals surface area contributed by atoms with E-state index >= 15 is 0 Å². The molecule has 1 amide bonds. The lowest BCUT2D eigenvalue weighted by Crippen LogP contribution is -2.28. The summed E-state index contributed by atoms with van der Waals surface area (Å²) in [5, 5.41) is 0. The minimum absolute atomic E-state index is 0.0311. The van der Waals surface area contributed by atoms with Crippen molar-refractivity contribution < 1.29 is 9.53 Å². The number of aryl methyl sites for hydroxylation is 1. The Morgan fingerprint density at radius 1 is 1.50 bits per heavy atom. The first-order valence-electron chi connectivity index (χ1n) is 4.52. The molecule has 0 saturated carbocycles. The molecule has 1 fully saturated rings. The number of rotatable bonds is 1. The molecular weight excluding hydrogens is 182 g/mol. The highest BCUT2D eigenvalue weighted by Crippen LogP contribution is 2.29. The minimum Gasteiger partial charge on any atom is -0.436 e. The van der Waals surface area contributed by atoms with Crippen molar-refractivity contribution >= 4 is 6.09 Å². The fourth-order valence-electron chi connectivity index (χ4n) is 1.58. The van der Waals surface area contributed by atoms with Gasteiger partial charge in [0, 0.05) is 26.5 Å². The number of amides is 1. The van der Waals surface area contributed by atoms with Gasteiger partial charge in [0.25, 0.3) is 0 Å². The van der Waals surface area contributed by atoms with Gasteiger partial charge in [-0.05, 0) is 6.92 Å². The molecule has 0 aliphatic carbocycles. The molecule has 2 heterocycles. The first kappa shape index (κ1) is 9.05. The Morgan fingerprint density at radius 3 is 2.64 bits per heavy atom. The number of cyclic esters (lactones) is 1. The van der Waals surface area contributed by atoms with Crippen molar-refractivity contribution in [1.29, 1.82) is 0 Å². The molecule has 0 bridgehead atoms. The maximum absolute atomic E-state index is 11.3. The molecular formula is C9H13N3O2. The maximum Gasteiger partial charge on any atom is 0.410 e. The van der Waals surface area contributed by atoms with Gasteiger partial charge in [-0.2, -0.15) is 0 Å². The second-order valence-electron chi connectivity index (χ2n) is 3.55. The smallest absolute Gasteiger partial charge is 0.410 e. The predicted molar refractivity (Wildman–Crippen MR) is 49.7 cm³/mol. The van der Waals surface area contributed by atoms with Gasteiger partial charge < -0.3 is 14.2 Å². The zero-order valence-corrected chi connectivity index (χ0v) is 8.47. The third-order valence-corrected chi connectivity index (χ3v) is 2.68. The second kappa shape index (κ2) is 3.01. The zero-order valence-electron chi connectivity index (χ0n) is 8.47. The summed E-state index contributed by atoms with van der Waals surface area (Å²) < 4.78 is 7.08. The van der Waals surface area contributed by atoms with Gasteiger partial charge in [-0.1, -0.05) is 0 Å². The third kappa shape index (κ3) is 1.16. The summed E-state index contributed by atoms with van der Waals surface area (Å²) in [6, 6.07) is 0.0311. The summed E-state index contributed by atoms with van der Waals surface area (Å²) in [6.45, 7) is 1.95. The summed E-state index contributed by atoms with van der Waals surface area (Å²) >= 11 is 0. The van der Waals surface area contributed by atoms with Gasteiger partial charge in [-0.25, -0.2) is 9.78 Å². The molecule has 5 nitrogen and oxygen atoms in total. The summed E-state index contributed by atoms with van der Waals surface area (Å²) in [7, 11) is 3.62. The van der Waals surface area contributed by atoms with Crippen molar-refractivity contribution in [3.63, 3.8) is 0 Å². The highest BCUT2D eigenvalue weighted by Gasteiger charge is 2.39. The van der Waals surface area contributed by atoms with Crippen LogP contribution in [0.15, 0.2) is 12.4 Å². The minimum atomic E-state index is -0.287. The number of hydrogen-bond acceptors (Lipinski definition) is 3. The Labute approximate surface area is 82.3 Å². The van der Waals surface area contributed by atoms with E-state index in [-0.39, 0.29) is 18.2 Å². The number of carbonyl (C=O) groups excluding carboxylic acids is 1.